The maximum Gasteiger partial charge on any atom is 0.193 e. The molecule has 1 aromatic carbocycles. The highest BCUT2D eigenvalue weighted by molar-refractivity contribution is 7.99. The molecule has 1 fully saturated rings. The zero-order valence-corrected chi connectivity index (χ0v) is 15.4. The van der Waals surface area contributed by atoms with Crippen molar-refractivity contribution in [2.75, 3.05) is 44.8 Å². The van der Waals surface area contributed by atoms with E-state index in [0.717, 1.165) is 43.7 Å². The summed E-state index contributed by atoms with van der Waals surface area (Å²) in [5.41, 5.74) is 1.24. The van der Waals surface area contributed by atoms with Crippen molar-refractivity contribution in [2.45, 2.75) is 13.0 Å². The number of nitrogens with one attached hydrogen (secondary N) is 1. The molecule has 24 heavy (non-hydrogen) atoms. The van der Waals surface area contributed by atoms with Gasteiger partial charge in [0.2, 0.25) is 0 Å². The minimum Gasteiger partial charge on any atom is -0.376 e. The summed E-state index contributed by atoms with van der Waals surface area (Å²) in [6.07, 6.45) is 3.11. The van der Waals surface area contributed by atoms with Gasteiger partial charge in [0.15, 0.2) is 5.96 Å². The van der Waals surface area contributed by atoms with Crippen molar-refractivity contribution < 1.29 is 4.74 Å². The van der Waals surface area contributed by atoms with Gasteiger partial charge in [0.05, 0.1) is 13.2 Å². The van der Waals surface area contributed by atoms with Crippen LogP contribution in [0.1, 0.15) is 12.0 Å². The fourth-order valence-electron chi connectivity index (χ4n) is 2.81. The minimum atomic E-state index is 0.586. The first kappa shape index (κ1) is 18.9. The summed E-state index contributed by atoms with van der Waals surface area (Å²) in [5.74, 6) is 3.68. The van der Waals surface area contributed by atoms with Crippen molar-refractivity contribution in [3.63, 3.8) is 0 Å². The molecule has 0 spiro atoms. The van der Waals surface area contributed by atoms with Gasteiger partial charge in [-0.3, -0.25) is 4.99 Å². The Hall–Kier alpha value is -1.46. The summed E-state index contributed by atoms with van der Waals surface area (Å²) in [4.78, 5) is 6.75. The molecule has 1 aliphatic rings. The van der Waals surface area contributed by atoms with E-state index in [1.165, 1.54) is 12.0 Å². The SMILES string of the molecule is C=CCSCCNC(=NC)N1CCC(COCc2ccccc2)C1. The minimum absolute atomic E-state index is 0.586. The van der Waals surface area contributed by atoms with Crippen LogP contribution in [0.15, 0.2) is 48.0 Å². The quantitative estimate of drug-likeness (QED) is 0.322. The van der Waals surface area contributed by atoms with Gasteiger partial charge >= 0.3 is 0 Å². The molecule has 1 unspecified atom stereocenters. The molecule has 0 amide bonds. The van der Waals surface area contributed by atoms with Crippen molar-refractivity contribution in [3.8, 4) is 0 Å². The van der Waals surface area contributed by atoms with E-state index in [9.17, 15) is 0 Å². The van der Waals surface area contributed by atoms with Crippen LogP contribution >= 0.6 is 11.8 Å². The third-order valence-corrected chi connectivity index (χ3v) is 4.99. The lowest BCUT2D eigenvalue weighted by Gasteiger charge is -2.21. The zero-order valence-electron chi connectivity index (χ0n) is 14.6. The standard InChI is InChI=1S/C19H29N3OS/c1-3-12-24-13-10-21-19(20-2)22-11-9-18(14-22)16-23-15-17-7-5-4-6-8-17/h3-8,18H,1,9-16H2,2H3,(H,20,21). The molecule has 0 radical (unpaired) electrons. The molecule has 1 aromatic rings. The number of aliphatic imine (C=N–C) groups is 1. The van der Waals surface area contributed by atoms with Crippen LogP contribution in [-0.4, -0.2) is 55.7 Å². The van der Waals surface area contributed by atoms with E-state index in [1.807, 2.05) is 31.0 Å². The van der Waals surface area contributed by atoms with E-state index in [4.69, 9.17) is 4.74 Å². The van der Waals surface area contributed by atoms with Crippen LogP contribution in [0.25, 0.3) is 0 Å². The lowest BCUT2D eigenvalue weighted by atomic mass is 10.1. The van der Waals surface area contributed by atoms with E-state index in [0.29, 0.717) is 12.5 Å². The first-order valence-electron chi connectivity index (χ1n) is 8.59. The molecule has 0 saturated carbocycles. The first-order valence-corrected chi connectivity index (χ1v) is 9.75. The van der Waals surface area contributed by atoms with Crippen molar-refractivity contribution in [1.82, 2.24) is 10.2 Å². The van der Waals surface area contributed by atoms with Crippen LogP contribution in [0.5, 0.6) is 0 Å². The first-order chi connectivity index (χ1) is 11.8. The summed E-state index contributed by atoms with van der Waals surface area (Å²) < 4.78 is 5.89. The van der Waals surface area contributed by atoms with Crippen LogP contribution in [0.2, 0.25) is 0 Å². The van der Waals surface area contributed by atoms with E-state index >= 15 is 0 Å². The molecule has 0 aromatic heterocycles. The van der Waals surface area contributed by atoms with Crippen LogP contribution < -0.4 is 5.32 Å². The predicted octanol–water partition coefficient (Wildman–Crippen LogP) is 3.02. The fourth-order valence-corrected chi connectivity index (χ4v) is 3.39. The number of guanidine groups is 1. The van der Waals surface area contributed by atoms with Crippen molar-refractivity contribution >= 4 is 17.7 Å². The Balaban J connectivity index is 1.64. The average molecular weight is 348 g/mol. The third kappa shape index (κ3) is 6.57. The van der Waals surface area contributed by atoms with Gasteiger partial charge in [-0.15, -0.1) is 6.58 Å². The Bertz CT molecular complexity index is 507. The van der Waals surface area contributed by atoms with Gasteiger partial charge in [-0.1, -0.05) is 36.4 Å². The monoisotopic (exact) mass is 347 g/mol. The Kier molecular flexibility index (Phi) is 8.77. The molecular formula is C19H29N3OS. The number of benzene rings is 1. The normalized spacial score (nSPS) is 18.0. The Morgan fingerprint density at radius 3 is 3.04 bits per heavy atom. The van der Waals surface area contributed by atoms with E-state index in [-0.39, 0.29) is 0 Å². The number of nitrogens with zero attached hydrogens (tertiary/aromatic N) is 2. The smallest absolute Gasteiger partial charge is 0.193 e. The maximum absolute atomic E-state index is 5.89. The highest BCUT2D eigenvalue weighted by Crippen LogP contribution is 2.17. The molecule has 1 atom stereocenters. The highest BCUT2D eigenvalue weighted by Gasteiger charge is 2.24. The number of thioether (sulfide) groups is 1. The number of hydrogen-bond acceptors (Lipinski definition) is 3. The van der Waals surface area contributed by atoms with Crippen molar-refractivity contribution in [3.05, 3.63) is 48.6 Å². The lowest BCUT2D eigenvalue weighted by molar-refractivity contribution is 0.0907. The van der Waals surface area contributed by atoms with Gasteiger partial charge in [0, 0.05) is 44.1 Å². The third-order valence-electron chi connectivity index (χ3n) is 4.03. The molecule has 1 aliphatic heterocycles. The summed E-state index contributed by atoms with van der Waals surface area (Å²) in [5, 5.41) is 3.45. The summed E-state index contributed by atoms with van der Waals surface area (Å²) >= 11 is 1.88. The summed E-state index contributed by atoms with van der Waals surface area (Å²) in [7, 11) is 1.86. The van der Waals surface area contributed by atoms with Gasteiger partial charge in [-0.25, -0.2) is 0 Å². The van der Waals surface area contributed by atoms with Gasteiger partial charge in [-0.05, 0) is 12.0 Å². The Morgan fingerprint density at radius 2 is 2.29 bits per heavy atom. The highest BCUT2D eigenvalue weighted by atomic mass is 32.2. The molecule has 2 rings (SSSR count). The Morgan fingerprint density at radius 1 is 1.46 bits per heavy atom. The van der Waals surface area contributed by atoms with Crippen molar-refractivity contribution in [2.24, 2.45) is 10.9 Å². The van der Waals surface area contributed by atoms with Gasteiger partial charge in [-0.2, -0.15) is 11.8 Å². The summed E-state index contributed by atoms with van der Waals surface area (Å²) in [6, 6.07) is 10.4. The molecule has 0 bridgehead atoms. The van der Waals surface area contributed by atoms with Crippen LogP contribution in [0, 0.1) is 5.92 Å². The number of rotatable bonds is 9. The topological polar surface area (TPSA) is 36.9 Å². The van der Waals surface area contributed by atoms with Crippen molar-refractivity contribution in [1.29, 1.82) is 0 Å². The van der Waals surface area contributed by atoms with E-state index in [1.54, 1.807) is 0 Å². The Labute approximate surface area is 150 Å². The van der Waals surface area contributed by atoms with Crippen LogP contribution in [-0.2, 0) is 11.3 Å². The predicted molar refractivity (Wildman–Crippen MR) is 105 cm³/mol. The van der Waals surface area contributed by atoms with Crippen LogP contribution in [0.4, 0.5) is 0 Å². The van der Waals surface area contributed by atoms with Gasteiger partial charge < -0.3 is 15.0 Å². The second-order valence-electron chi connectivity index (χ2n) is 5.94. The van der Waals surface area contributed by atoms with E-state index < -0.39 is 0 Å². The van der Waals surface area contributed by atoms with Gasteiger partial charge in [0.25, 0.3) is 0 Å². The second-order valence-corrected chi connectivity index (χ2v) is 7.09. The largest absolute Gasteiger partial charge is 0.376 e. The summed E-state index contributed by atoms with van der Waals surface area (Å²) in [6.45, 7) is 8.27. The molecule has 5 heteroatoms. The molecule has 1 N–H and O–H groups in total. The number of likely N-dealkylation sites (tertiary alicyclic amines) is 1. The fraction of sp³-hybridized carbons (Fsp3) is 0.526. The average Bonchev–Trinajstić information content (AvgIpc) is 3.08. The molecular weight excluding hydrogens is 318 g/mol. The number of ether oxygens (including phenoxy) is 1. The lowest BCUT2D eigenvalue weighted by Crippen LogP contribution is -2.41. The molecule has 132 valence electrons. The molecule has 1 saturated heterocycles. The number of hydrogen-bond donors (Lipinski definition) is 1. The van der Waals surface area contributed by atoms with E-state index in [2.05, 4.69) is 46.1 Å². The molecule has 0 aliphatic carbocycles. The van der Waals surface area contributed by atoms with Gasteiger partial charge in [0.1, 0.15) is 0 Å². The second kappa shape index (κ2) is 11.2. The zero-order chi connectivity index (χ0) is 17.0. The maximum atomic E-state index is 5.89. The van der Waals surface area contributed by atoms with Crippen LogP contribution in [0.3, 0.4) is 0 Å². The molecule has 4 nitrogen and oxygen atoms in total. The molecule has 1 heterocycles.